The number of hydrogen-bond donors (Lipinski definition) is 2. The highest BCUT2D eigenvalue weighted by molar-refractivity contribution is 7.92. The lowest BCUT2D eigenvalue weighted by atomic mass is 10.1. The topological polar surface area (TPSA) is 81.4 Å². The smallest absolute Gasteiger partial charge is 0.268 e. The number of hydrogen-bond acceptors (Lipinski definition) is 4. The summed E-state index contributed by atoms with van der Waals surface area (Å²) >= 11 is 0. The first kappa shape index (κ1) is 10.3. The van der Waals surface area contributed by atoms with E-state index in [9.17, 15) is 8.42 Å². The van der Waals surface area contributed by atoms with Crippen molar-refractivity contribution in [3.63, 3.8) is 0 Å². The first-order valence-corrected chi connectivity index (χ1v) is 6.16. The van der Waals surface area contributed by atoms with Crippen LogP contribution in [0.5, 0.6) is 5.75 Å². The molecule has 2 rings (SSSR count). The van der Waals surface area contributed by atoms with E-state index < -0.39 is 10.0 Å². The van der Waals surface area contributed by atoms with Crippen molar-refractivity contribution in [2.24, 2.45) is 5.73 Å². The third-order valence-electron chi connectivity index (χ3n) is 2.16. The molecule has 1 aliphatic rings. The summed E-state index contributed by atoms with van der Waals surface area (Å²) in [4.78, 5) is 0. The molecule has 0 aliphatic carbocycles. The molecule has 1 atom stereocenters. The predicted octanol–water partition coefficient (Wildman–Crippen LogP) is 0.798. The fourth-order valence-electron chi connectivity index (χ4n) is 1.37. The molecule has 1 aromatic carbocycles. The Hall–Kier alpha value is -1.27. The summed E-state index contributed by atoms with van der Waals surface area (Å²) in [7, 11) is -3.35. The first-order valence-electron chi connectivity index (χ1n) is 4.51. The molecule has 0 bridgehead atoms. The number of anilines is 1. The number of fused-ring (bicyclic) bond motifs is 1. The van der Waals surface area contributed by atoms with Crippen LogP contribution < -0.4 is 15.2 Å². The van der Waals surface area contributed by atoms with Gasteiger partial charge in [0.15, 0.2) is 0 Å². The SMILES string of the molecule is CC(N)c1ccc2c(c1)NS(=O)(=O)CO2. The highest BCUT2D eigenvalue weighted by atomic mass is 32.2. The van der Waals surface area contributed by atoms with Crippen molar-refractivity contribution in [3.05, 3.63) is 23.8 Å². The van der Waals surface area contributed by atoms with Crippen LogP contribution in [0.1, 0.15) is 18.5 Å². The van der Waals surface area contributed by atoms with Gasteiger partial charge in [-0.3, -0.25) is 4.72 Å². The second kappa shape index (κ2) is 3.39. The maximum atomic E-state index is 11.2. The molecule has 0 spiro atoms. The minimum absolute atomic E-state index is 0.137. The number of sulfonamides is 1. The van der Waals surface area contributed by atoms with Crippen LogP contribution in [0, 0.1) is 0 Å². The molecule has 0 aromatic heterocycles. The van der Waals surface area contributed by atoms with Crippen LogP contribution in [-0.4, -0.2) is 14.4 Å². The highest BCUT2D eigenvalue weighted by Gasteiger charge is 2.21. The Balaban J connectivity index is 2.44. The van der Waals surface area contributed by atoms with Crippen molar-refractivity contribution >= 4 is 15.7 Å². The Morgan fingerprint density at radius 3 is 2.93 bits per heavy atom. The van der Waals surface area contributed by atoms with E-state index in [0.29, 0.717) is 11.4 Å². The van der Waals surface area contributed by atoms with Gasteiger partial charge in [-0.05, 0) is 24.6 Å². The Bertz CT molecular complexity index is 482. The van der Waals surface area contributed by atoms with Gasteiger partial charge in [0, 0.05) is 6.04 Å². The summed E-state index contributed by atoms with van der Waals surface area (Å²) in [5, 5.41) is 0. The fourth-order valence-corrected chi connectivity index (χ4v) is 2.21. The van der Waals surface area contributed by atoms with E-state index in [2.05, 4.69) is 4.72 Å². The van der Waals surface area contributed by atoms with Gasteiger partial charge in [0.25, 0.3) is 10.0 Å². The maximum absolute atomic E-state index is 11.2. The van der Waals surface area contributed by atoms with Gasteiger partial charge in [-0.15, -0.1) is 0 Å². The number of nitrogens with one attached hydrogen (secondary N) is 1. The molecular formula is C9H12N2O3S. The third kappa shape index (κ3) is 2.05. The minimum Gasteiger partial charge on any atom is -0.474 e. The summed E-state index contributed by atoms with van der Waals surface area (Å²) in [6.45, 7) is 1.83. The predicted molar refractivity (Wildman–Crippen MR) is 57.1 cm³/mol. The lowest BCUT2D eigenvalue weighted by Crippen LogP contribution is -2.25. The highest BCUT2D eigenvalue weighted by Crippen LogP contribution is 2.31. The normalized spacial score (nSPS) is 19.6. The Morgan fingerprint density at radius 2 is 2.27 bits per heavy atom. The van der Waals surface area contributed by atoms with Gasteiger partial charge in [-0.1, -0.05) is 6.07 Å². The minimum atomic E-state index is -3.35. The van der Waals surface area contributed by atoms with E-state index >= 15 is 0 Å². The van der Waals surface area contributed by atoms with Crippen LogP contribution in [0.3, 0.4) is 0 Å². The van der Waals surface area contributed by atoms with Gasteiger partial charge in [0.05, 0.1) is 5.69 Å². The zero-order valence-electron chi connectivity index (χ0n) is 8.23. The maximum Gasteiger partial charge on any atom is 0.268 e. The van der Waals surface area contributed by atoms with E-state index in [1.54, 1.807) is 12.1 Å². The van der Waals surface area contributed by atoms with Gasteiger partial charge in [0.2, 0.25) is 5.94 Å². The van der Waals surface area contributed by atoms with E-state index in [4.69, 9.17) is 10.5 Å². The fraction of sp³-hybridized carbons (Fsp3) is 0.333. The second-order valence-corrected chi connectivity index (χ2v) is 5.19. The quantitative estimate of drug-likeness (QED) is 0.744. The summed E-state index contributed by atoms with van der Waals surface area (Å²) in [6, 6.07) is 5.09. The monoisotopic (exact) mass is 228 g/mol. The molecule has 15 heavy (non-hydrogen) atoms. The standard InChI is InChI=1S/C9H12N2O3S/c1-6(10)7-2-3-9-8(4-7)11-15(12,13)5-14-9/h2-4,6,11H,5,10H2,1H3. The average molecular weight is 228 g/mol. The molecule has 0 amide bonds. The van der Waals surface area contributed by atoms with E-state index in [0.717, 1.165) is 5.56 Å². The molecule has 0 saturated carbocycles. The zero-order valence-corrected chi connectivity index (χ0v) is 9.04. The number of benzene rings is 1. The van der Waals surface area contributed by atoms with Crippen molar-refractivity contribution in [1.29, 1.82) is 0 Å². The van der Waals surface area contributed by atoms with Crippen molar-refractivity contribution in [3.8, 4) is 5.75 Å². The molecule has 0 fully saturated rings. The Kier molecular flexibility index (Phi) is 2.32. The second-order valence-electron chi connectivity index (χ2n) is 3.52. The first-order chi connectivity index (χ1) is 6.98. The lowest BCUT2D eigenvalue weighted by molar-refractivity contribution is 0.374. The lowest BCUT2D eigenvalue weighted by Gasteiger charge is -2.20. The van der Waals surface area contributed by atoms with Crippen LogP contribution in [-0.2, 0) is 10.0 Å². The Labute approximate surface area is 88.3 Å². The zero-order chi connectivity index (χ0) is 11.1. The molecule has 0 radical (unpaired) electrons. The number of nitrogens with two attached hydrogens (primary N) is 1. The van der Waals surface area contributed by atoms with Crippen LogP contribution in [0.4, 0.5) is 5.69 Å². The molecule has 0 saturated heterocycles. The van der Waals surface area contributed by atoms with Crippen LogP contribution in [0.15, 0.2) is 18.2 Å². The summed E-state index contributed by atoms with van der Waals surface area (Å²) in [6.07, 6.45) is 0. The molecule has 6 heteroatoms. The summed E-state index contributed by atoms with van der Waals surface area (Å²) in [5.41, 5.74) is 7.01. The Morgan fingerprint density at radius 1 is 1.53 bits per heavy atom. The van der Waals surface area contributed by atoms with Gasteiger partial charge in [-0.25, -0.2) is 8.42 Å². The molecule has 5 nitrogen and oxygen atoms in total. The van der Waals surface area contributed by atoms with Crippen LogP contribution in [0.25, 0.3) is 0 Å². The van der Waals surface area contributed by atoms with Gasteiger partial charge >= 0.3 is 0 Å². The molecule has 1 aromatic rings. The molecule has 1 aliphatic heterocycles. The van der Waals surface area contributed by atoms with E-state index in [-0.39, 0.29) is 12.0 Å². The molecule has 3 N–H and O–H groups in total. The summed E-state index contributed by atoms with van der Waals surface area (Å²) in [5.74, 6) is 0.201. The van der Waals surface area contributed by atoms with E-state index in [1.807, 2.05) is 13.0 Å². The molecular weight excluding hydrogens is 216 g/mol. The third-order valence-corrected chi connectivity index (χ3v) is 3.12. The molecule has 1 unspecified atom stereocenters. The molecule has 82 valence electrons. The van der Waals surface area contributed by atoms with Crippen molar-refractivity contribution in [1.82, 2.24) is 0 Å². The van der Waals surface area contributed by atoms with Crippen molar-refractivity contribution in [2.45, 2.75) is 13.0 Å². The van der Waals surface area contributed by atoms with E-state index in [1.165, 1.54) is 0 Å². The van der Waals surface area contributed by atoms with Gasteiger partial charge < -0.3 is 10.5 Å². The average Bonchev–Trinajstić information content (AvgIpc) is 2.15. The van der Waals surface area contributed by atoms with Crippen LogP contribution in [0.2, 0.25) is 0 Å². The number of ether oxygens (including phenoxy) is 1. The van der Waals surface area contributed by atoms with Crippen molar-refractivity contribution < 1.29 is 13.2 Å². The van der Waals surface area contributed by atoms with Crippen LogP contribution >= 0.6 is 0 Å². The number of rotatable bonds is 1. The van der Waals surface area contributed by atoms with Gasteiger partial charge in [-0.2, -0.15) is 0 Å². The van der Waals surface area contributed by atoms with Gasteiger partial charge in [0.1, 0.15) is 5.75 Å². The van der Waals surface area contributed by atoms with Crippen molar-refractivity contribution in [2.75, 3.05) is 10.7 Å². The summed E-state index contributed by atoms with van der Waals surface area (Å²) < 4.78 is 30.0. The largest absolute Gasteiger partial charge is 0.474 e. The molecule has 1 heterocycles.